The van der Waals surface area contributed by atoms with Gasteiger partial charge in [-0.15, -0.1) is 0 Å². The fourth-order valence-corrected chi connectivity index (χ4v) is 1.98. The van der Waals surface area contributed by atoms with E-state index in [0.717, 1.165) is 11.8 Å². The van der Waals surface area contributed by atoms with Crippen LogP contribution in [0.1, 0.15) is 17.0 Å². The molecule has 5 nitrogen and oxygen atoms in total. The van der Waals surface area contributed by atoms with Gasteiger partial charge in [0.2, 0.25) is 5.76 Å². The molecule has 0 spiro atoms. The third-order valence-electron chi connectivity index (χ3n) is 2.90. The second kappa shape index (κ2) is 4.34. The number of ether oxygens (including phenoxy) is 2. The Hall–Kier alpha value is -2.01. The van der Waals surface area contributed by atoms with Crippen molar-refractivity contribution in [1.82, 2.24) is 0 Å². The van der Waals surface area contributed by atoms with Crippen LogP contribution in [-0.2, 0) is 9.47 Å². The van der Waals surface area contributed by atoms with Crippen LogP contribution >= 0.6 is 0 Å². The standard InChI is InChI=1S/C13H13NO4/c14-9-1-2-11-8(5-9)6-12(18-11)13(15)17-10-3-4-16-7-10/h1-2,5-6,10H,3-4,7,14H2. The first-order chi connectivity index (χ1) is 8.72. The summed E-state index contributed by atoms with van der Waals surface area (Å²) in [7, 11) is 0. The maximum absolute atomic E-state index is 11.9. The number of carbonyl (C=O) groups is 1. The Morgan fingerprint density at radius 3 is 3.06 bits per heavy atom. The maximum atomic E-state index is 11.9. The number of rotatable bonds is 2. The summed E-state index contributed by atoms with van der Waals surface area (Å²) in [5.41, 5.74) is 6.92. The molecule has 2 N–H and O–H groups in total. The normalized spacial score (nSPS) is 19.2. The lowest BCUT2D eigenvalue weighted by molar-refractivity contribution is 0.0239. The number of carbonyl (C=O) groups excluding carboxylic acids is 1. The van der Waals surface area contributed by atoms with E-state index in [1.807, 2.05) is 0 Å². The van der Waals surface area contributed by atoms with E-state index in [1.54, 1.807) is 24.3 Å². The minimum atomic E-state index is -0.458. The molecule has 0 aliphatic carbocycles. The summed E-state index contributed by atoms with van der Waals surface area (Å²) in [6.45, 7) is 1.09. The predicted molar refractivity (Wildman–Crippen MR) is 65.3 cm³/mol. The monoisotopic (exact) mass is 247 g/mol. The first-order valence-electron chi connectivity index (χ1n) is 5.80. The largest absolute Gasteiger partial charge is 0.454 e. The number of nitrogen functional groups attached to an aromatic ring is 1. The molecule has 1 aliphatic rings. The SMILES string of the molecule is Nc1ccc2oc(C(=O)OC3CCOC3)cc2c1. The smallest absolute Gasteiger partial charge is 0.374 e. The molecule has 2 aromatic rings. The minimum absolute atomic E-state index is 0.171. The van der Waals surface area contributed by atoms with Gasteiger partial charge in [-0.2, -0.15) is 0 Å². The van der Waals surface area contributed by atoms with E-state index in [9.17, 15) is 4.79 Å². The molecule has 1 aromatic carbocycles. The zero-order valence-electron chi connectivity index (χ0n) is 9.72. The molecular formula is C13H13NO4. The van der Waals surface area contributed by atoms with Crippen LogP contribution < -0.4 is 5.73 Å². The lowest BCUT2D eigenvalue weighted by Gasteiger charge is -2.07. The molecule has 0 radical (unpaired) electrons. The second-order valence-corrected chi connectivity index (χ2v) is 4.30. The van der Waals surface area contributed by atoms with Crippen LogP contribution in [0.4, 0.5) is 5.69 Å². The average molecular weight is 247 g/mol. The van der Waals surface area contributed by atoms with Crippen molar-refractivity contribution in [3.05, 3.63) is 30.0 Å². The predicted octanol–water partition coefficient (Wildman–Crippen LogP) is 1.96. The highest BCUT2D eigenvalue weighted by atomic mass is 16.6. The number of benzene rings is 1. The van der Waals surface area contributed by atoms with E-state index in [0.29, 0.717) is 24.5 Å². The van der Waals surface area contributed by atoms with Crippen molar-refractivity contribution < 1.29 is 18.7 Å². The second-order valence-electron chi connectivity index (χ2n) is 4.30. The summed E-state index contributed by atoms with van der Waals surface area (Å²) in [5.74, 6) is -0.261. The summed E-state index contributed by atoms with van der Waals surface area (Å²) in [6, 6.07) is 6.87. The van der Waals surface area contributed by atoms with Crippen molar-refractivity contribution in [2.45, 2.75) is 12.5 Å². The van der Waals surface area contributed by atoms with Gasteiger partial charge in [-0.25, -0.2) is 4.79 Å². The van der Waals surface area contributed by atoms with Crippen molar-refractivity contribution in [2.75, 3.05) is 18.9 Å². The molecule has 1 unspecified atom stereocenters. The summed E-state index contributed by atoms with van der Waals surface area (Å²) >= 11 is 0. The van der Waals surface area contributed by atoms with Crippen LogP contribution in [0.2, 0.25) is 0 Å². The average Bonchev–Trinajstić information content (AvgIpc) is 2.96. The number of hydrogen-bond donors (Lipinski definition) is 1. The molecule has 3 rings (SSSR count). The molecule has 94 valence electrons. The molecule has 0 amide bonds. The van der Waals surface area contributed by atoms with Crippen molar-refractivity contribution in [3.8, 4) is 0 Å². The molecule has 1 fully saturated rings. The number of anilines is 1. The first kappa shape index (κ1) is 11.1. The Balaban J connectivity index is 1.82. The summed E-state index contributed by atoms with van der Waals surface area (Å²) in [6.07, 6.45) is 0.564. The molecule has 18 heavy (non-hydrogen) atoms. The molecular weight excluding hydrogens is 234 g/mol. The Labute approximate surface area is 103 Å². The van der Waals surface area contributed by atoms with Crippen molar-refractivity contribution in [3.63, 3.8) is 0 Å². The third-order valence-corrected chi connectivity index (χ3v) is 2.90. The van der Waals surface area contributed by atoms with Crippen molar-refractivity contribution in [1.29, 1.82) is 0 Å². The van der Waals surface area contributed by atoms with E-state index in [4.69, 9.17) is 19.6 Å². The van der Waals surface area contributed by atoms with E-state index in [1.165, 1.54) is 0 Å². The fourth-order valence-electron chi connectivity index (χ4n) is 1.98. The molecule has 0 saturated carbocycles. The van der Waals surface area contributed by atoms with Crippen LogP contribution in [0.25, 0.3) is 11.0 Å². The van der Waals surface area contributed by atoms with Gasteiger partial charge in [0.15, 0.2) is 0 Å². The third kappa shape index (κ3) is 2.04. The molecule has 2 heterocycles. The summed E-state index contributed by atoms with van der Waals surface area (Å²) in [4.78, 5) is 11.9. The van der Waals surface area contributed by atoms with Gasteiger partial charge < -0.3 is 19.6 Å². The lowest BCUT2D eigenvalue weighted by Crippen LogP contribution is -2.17. The Morgan fingerprint density at radius 2 is 2.28 bits per heavy atom. The highest BCUT2D eigenvalue weighted by Gasteiger charge is 2.22. The molecule has 1 aliphatic heterocycles. The Morgan fingerprint density at radius 1 is 1.39 bits per heavy atom. The van der Waals surface area contributed by atoms with Crippen molar-refractivity contribution >= 4 is 22.6 Å². The van der Waals surface area contributed by atoms with Gasteiger partial charge in [-0.3, -0.25) is 0 Å². The Kier molecular flexibility index (Phi) is 2.68. The number of esters is 1. The van der Waals surface area contributed by atoms with Gasteiger partial charge >= 0.3 is 5.97 Å². The van der Waals surface area contributed by atoms with Gasteiger partial charge in [-0.05, 0) is 24.3 Å². The zero-order chi connectivity index (χ0) is 12.5. The summed E-state index contributed by atoms with van der Waals surface area (Å²) < 4.78 is 15.8. The molecule has 0 bridgehead atoms. The van der Waals surface area contributed by atoms with Crippen LogP contribution in [-0.4, -0.2) is 25.3 Å². The van der Waals surface area contributed by atoms with Crippen LogP contribution in [0, 0.1) is 0 Å². The van der Waals surface area contributed by atoms with E-state index in [-0.39, 0.29) is 11.9 Å². The van der Waals surface area contributed by atoms with Crippen molar-refractivity contribution in [2.24, 2.45) is 0 Å². The first-order valence-corrected chi connectivity index (χ1v) is 5.80. The van der Waals surface area contributed by atoms with Crippen LogP contribution in [0.3, 0.4) is 0 Å². The lowest BCUT2D eigenvalue weighted by atomic mass is 10.2. The topological polar surface area (TPSA) is 74.7 Å². The van der Waals surface area contributed by atoms with Gasteiger partial charge in [0.25, 0.3) is 0 Å². The number of fused-ring (bicyclic) bond motifs is 1. The maximum Gasteiger partial charge on any atom is 0.374 e. The van der Waals surface area contributed by atoms with E-state index in [2.05, 4.69) is 0 Å². The molecule has 5 heteroatoms. The molecule has 1 atom stereocenters. The molecule has 1 saturated heterocycles. The highest BCUT2D eigenvalue weighted by Crippen LogP contribution is 2.23. The molecule has 1 aromatic heterocycles. The van der Waals surface area contributed by atoms with E-state index >= 15 is 0 Å². The minimum Gasteiger partial charge on any atom is -0.454 e. The van der Waals surface area contributed by atoms with Gasteiger partial charge in [0.05, 0.1) is 13.2 Å². The number of hydrogen-bond acceptors (Lipinski definition) is 5. The number of nitrogens with two attached hydrogens (primary N) is 1. The van der Waals surface area contributed by atoms with Gasteiger partial charge in [0, 0.05) is 17.5 Å². The van der Waals surface area contributed by atoms with Crippen LogP contribution in [0.5, 0.6) is 0 Å². The fraction of sp³-hybridized carbons (Fsp3) is 0.308. The van der Waals surface area contributed by atoms with Gasteiger partial charge in [-0.1, -0.05) is 0 Å². The quantitative estimate of drug-likeness (QED) is 0.648. The van der Waals surface area contributed by atoms with Gasteiger partial charge in [0.1, 0.15) is 11.7 Å². The van der Waals surface area contributed by atoms with E-state index < -0.39 is 5.97 Å². The Bertz CT molecular complexity index is 584. The number of furan rings is 1. The van der Waals surface area contributed by atoms with Crippen LogP contribution in [0.15, 0.2) is 28.7 Å². The summed E-state index contributed by atoms with van der Waals surface area (Å²) in [5, 5.41) is 0.796. The highest BCUT2D eigenvalue weighted by molar-refractivity contribution is 5.93. The zero-order valence-corrected chi connectivity index (χ0v) is 9.72.